The van der Waals surface area contributed by atoms with E-state index in [2.05, 4.69) is 15.0 Å². The molecule has 0 saturated carbocycles. The quantitative estimate of drug-likeness (QED) is 0.511. The Balaban J connectivity index is 1.16. The lowest BCUT2D eigenvalue weighted by Crippen LogP contribution is -2.50. The number of carbonyl (C=O) groups is 1. The predicted molar refractivity (Wildman–Crippen MR) is 128 cm³/mol. The van der Waals surface area contributed by atoms with E-state index in [-0.39, 0.29) is 6.10 Å². The number of ether oxygens (including phenoxy) is 1. The molecule has 2 aliphatic rings. The van der Waals surface area contributed by atoms with Gasteiger partial charge in [-0.15, -0.1) is 0 Å². The molecule has 2 aromatic carbocycles. The summed E-state index contributed by atoms with van der Waals surface area (Å²) in [6.45, 7) is 6.61. The maximum Gasteiger partial charge on any atom is 0.414 e. The van der Waals surface area contributed by atoms with Crippen LogP contribution in [0.1, 0.15) is 11.5 Å². The lowest BCUT2D eigenvalue weighted by atomic mass is 10.2. The van der Waals surface area contributed by atoms with E-state index in [1.165, 1.54) is 4.31 Å². The molecule has 2 aliphatic heterocycles. The lowest BCUT2D eigenvalue weighted by Gasteiger charge is -2.34. The number of aryl methyl sites for hydroxylation is 2. The molecule has 0 radical (unpaired) electrons. The van der Waals surface area contributed by atoms with Gasteiger partial charge in [-0.1, -0.05) is 22.9 Å². The van der Waals surface area contributed by atoms with Crippen molar-refractivity contribution in [2.24, 2.45) is 0 Å². The molecule has 3 aromatic rings. The second-order valence-electron chi connectivity index (χ2n) is 8.82. The zero-order chi connectivity index (χ0) is 24.6. The van der Waals surface area contributed by atoms with E-state index in [1.807, 2.05) is 43.3 Å². The summed E-state index contributed by atoms with van der Waals surface area (Å²) in [6, 6.07) is 14.3. The van der Waals surface area contributed by atoms with Crippen LogP contribution in [0, 0.1) is 13.8 Å². The first kappa shape index (κ1) is 23.5. The highest BCUT2D eigenvalue weighted by Crippen LogP contribution is 2.26. The van der Waals surface area contributed by atoms with Gasteiger partial charge in [0.25, 0.3) is 0 Å². The zero-order valence-electron chi connectivity index (χ0n) is 19.6. The molecular weight excluding hydrogens is 470 g/mol. The van der Waals surface area contributed by atoms with Gasteiger partial charge in [-0.2, -0.15) is 9.29 Å². The number of anilines is 1. The van der Waals surface area contributed by atoms with Crippen LogP contribution in [0.2, 0.25) is 0 Å². The molecule has 1 atom stereocenters. The summed E-state index contributed by atoms with van der Waals surface area (Å²) in [6.07, 6.45) is -0.680. The summed E-state index contributed by atoms with van der Waals surface area (Å²) >= 11 is 0. The van der Waals surface area contributed by atoms with Gasteiger partial charge in [0.1, 0.15) is 6.10 Å². The van der Waals surface area contributed by atoms with Crippen molar-refractivity contribution < 1.29 is 22.5 Å². The molecule has 10 nitrogen and oxygen atoms in total. The van der Waals surface area contributed by atoms with E-state index in [0.29, 0.717) is 55.9 Å². The molecule has 1 amide bonds. The molecule has 1 unspecified atom stereocenters. The molecule has 0 spiro atoms. The van der Waals surface area contributed by atoms with Gasteiger partial charge in [0.2, 0.25) is 21.7 Å². The van der Waals surface area contributed by atoms with Crippen molar-refractivity contribution in [2.45, 2.75) is 24.8 Å². The minimum atomic E-state index is -3.51. The number of nitrogens with zero attached hydrogens (tertiary/aromatic N) is 5. The van der Waals surface area contributed by atoms with E-state index < -0.39 is 16.1 Å². The second kappa shape index (κ2) is 9.40. The minimum absolute atomic E-state index is 0.290. The summed E-state index contributed by atoms with van der Waals surface area (Å²) < 4.78 is 38.0. The topological polar surface area (TPSA) is 109 Å². The Hall–Kier alpha value is -3.28. The third kappa shape index (κ3) is 4.93. The molecular formula is C24H27N5O5S. The van der Waals surface area contributed by atoms with Gasteiger partial charge in [-0.05, 0) is 43.3 Å². The van der Waals surface area contributed by atoms with Gasteiger partial charge in [-0.25, -0.2) is 13.2 Å². The molecule has 35 heavy (non-hydrogen) atoms. The normalized spacial score (nSPS) is 19.8. The van der Waals surface area contributed by atoms with Gasteiger partial charge >= 0.3 is 6.09 Å². The minimum Gasteiger partial charge on any atom is -0.443 e. The summed E-state index contributed by atoms with van der Waals surface area (Å²) in [7, 11) is -3.51. The molecule has 2 saturated heterocycles. The molecule has 5 rings (SSSR count). The Kier molecular flexibility index (Phi) is 6.30. The Bertz CT molecular complexity index is 1300. The van der Waals surface area contributed by atoms with Crippen molar-refractivity contribution in [2.75, 3.05) is 44.2 Å². The molecule has 1 aromatic heterocycles. The number of hydrogen-bond acceptors (Lipinski definition) is 8. The van der Waals surface area contributed by atoms with Crippen LogP contribution in [0.5, 0.6) is 0 Å². The van der Waals surface area contributed by atoms with E-state index in [4.69, 9.17) is 9.26 Å². The summed E-state index contributed by atoms with van der Waals surface area (Å²) in [5.74, 6) is 0.989. The molecule has 11 heteroatoms. The van der Waals surface area contributed by atoms with Crippen molar-refractivity contribution in [3.63, 3.8) is 0 Å². The van der Waals surface area contributed by atoms with Crippen LogP contribution in [0.25, 0.3) is 11.4 Å². The highest BCUT2D eigenvalue weighted by atomic mass is 32.2. The van der Waals surface area contributed by atoms with E-state index in [1.54, 1.807) is 24.0 Å². The van der Waals surface area contributed by atoms with Crippen LogP contribution in [0.4, 0.5) is 10.5 Å². The second-order valence-corrected chi connectivity index (χ2v) is 10.8. The van der Waals surface area contributed by atoms with Crippen molar-refractivity contribution >= 4 is 21.8 Å². The number of amides is 1. The lowest BCUT2D eigenvalue weighted by molar-refractivity contribution is 0.0937. The third-order valence-electron chi connectivity index (χ3n) is 6.29. The third-order valence-corrected chi connectivity index (χ3v) is 8.20. The summed E-state index contributed by atoms with van der Waals surface area (Å²) in [5.41, 5.74) is 2.55. The van der Waals surface area contributed by atoms with Crippen molar-refractivity contribution in [1.29, 1.82) is 0 Å². The fourth-order valence-corrected chi connectivity index (χ4v) is 5.76. The van der Waals surface area contributed by atoms with Gasteiger partial charge in [0, 0.05) is 50.9 Å². The monoisotopic (exact) mass is 497 g/mol. The van der Waals surface area contributed by atoms with Crippen molar-refractivity contribution in [3.05, 3.63) is 60.0 Å². The molecule has 0 N–H and O–H groups in total. The standard InChI is InChI=1S/C24H27N5O5S/c1-17-3-9-22(10-4-17)35(31,32)28-13-11-27(12-14-28)15-21-16-29(24(30)33-21)20-7-5-19(6-8-20)23-25-18(2)34-26-23/h3-10,21H,11-16H2,1-2H3. The summed E-state index contributed by atoms with van der Waals surface area (Å²) in [5, 5.41) is 3.91. The largest absolute Gasteiger partial charge is 0.443 e. The Labute approximate surface area is 204 Å². The van der Waals surface area contributed by atoms with E-state index in [9.17, 15) is 13.2 Å². The highest BCUT2D eigenvalue weighted by Gasteiger charge is 2.35. The van der Waals surface area contributed by atoms with E-state index >= 15 is 0 Å². The maximum absolute atomic E-state index is 12.9. The predicted octanol–water partition coefficient (Wildman–Crippen LogP) is 2.69. The molecule has 0 aliphatic carbocycles. The fourth-order valence-electron chi connectivity index (χ4n) is 4.33. The van der Waals surface area contributed by atoms with Crippen LogP contribution in [0.3, 0.4) is 0 Å². The number of rotatable bonds is 6. The maximum atomic E-state index is 12.9. The first-order valence-corrected chi connectivity index (χ1v) is 12.9. The average Bonchev–Trinajstić information content (AvgIpc) is 3.45. The van der Waals surface area contributed by atoms with Gasteiger partial charge in [0.15, 0.2) is 0 Å². The zero-order valence-corrected chi connectivity index (χ0v) is 20.4. The number of aromatic nitrogens is 2. The van der Waals surface area contributed by atoms with Gasteiger partial charge < -0.3 is 9.26 Å². The number of benzene rings is 2. The van der Waals surface area contributed by atoms with Crippen LogP contribution < -0.4 is 4.90 Å². The Morgan fingerprint density at radius 2 is 1.66 bits per heavy atom. The fraction of sp³-hybridized carbons (Fsp3) is 0.375. The molecule has 0 bridgehead atoms. The van der Waals surface area contributed by atoms with Crippen LogP contribution >= 0.6 is 0 Å². The van der Waals surface area contributed by atoms with Gasteiger partial charge in [0.05, 0.1) is 11.4 Å². The average molecular weight is 498 g/mol. The van der Waals surface area contributed by atoms with Crippen molar-refractivity contribution in [1.82, 2.24) is 19.3 Å². The first-order valence-electron chi connectivity index (χ1n) is 11.5. The van der Waals surface area contributed by atoms with Gasteiger partial charge in [-0.3, -0.25) is 9.80 Å². The summed E-state index contributed by atoms with van der Waals surface area (Å²) in [4.78, 5) is 20.8. The number of cyclic esters (lactones) is 1. The van der Waals surface area contributed by atoms with E-state index in [0.717, 1.165) is 16.8 Å². The molecule has 2 fully saturated rings. The van der Waals surface area contributed by atoms with Crippen LogP contribution in [0.15, 0.2) is 57.9 Å². The number of hydrogen-bond donors (Lipinski definition) is 0. The van der Waals surface area contributed by atoms with Crippen molar-refractivity contribution in [3.8, 4) is 11.4 Å². The smallest absolute Gasteiger partial charge is 0.414 e. The molecule has 184 valence electrons. The van der Waals surface area contributed by atoms with Crippen LogP contribution in [-0.2, 0) is 14.8 Å². The Morgan fingerprint density at radius 1 is 0.971 bits per heavy atom. The molecule has 3 heterocycles. The van der Waals surface area contributed by atoms with Crippen LogP contribution in [-0.4, -0.2) is 79.2 Å². The number of carbonyl (C=O) groups excluding carboxylic acids is 1. The number of piperazine rings is 1. The highest BCUT2D eigenvalue weighted by molar-refractivity contribution is 7.89. The SMILES string of the molecule is Cc1ccc(S(=O)(=O)N2CCN(CC3CN(c4ccc(-c5noc(C)n5)cc4)C(=O)O3)CC2)cc1. The first-order chi connectivity index (χ1) is 16.8. The Morgan fingerprint density at radius 3 is 2.29 bits per heavy atom. The number of sulfonamides is 1.